The van der Waals surface area contributed by atoms with Crippen molar-refractivity contribution < 1.29 is 26.7 Å². The maximum absolute atomic E-state index is 13.9. The molecule has 2 aromatic rings. The van der Waals surface area contributed by atoms with Crippen molar-refractivity contribution in [3.63, 3.8) is 0 Å². The Hall–Kier alpha value is -2.52. The van der Waals surface area contributed by atoms with E-state index in [0.29, 0.717) is 11.8 Å². The minimum atomic E-state index is -4.11. The van der Waals surface area contributed by atoms with Crippen LogP contribution in [0.15, 0.2) is 47.4 Å². The Morgan fingerprint density at radius 1 is 1.07 bits per heavy atom. The quantitative estimate of drug-likeness (QED) is 0.740. The van der Waals surface area contributed by atoms with Gasteiger partial charge in [0.15, 0.2) is 6.10 Å². The molecule has 0 aromatic heterocycles. The summed E-state index contributed by atoms with van der Waals surface area (Å²) < 4.78 is 59.1. The molecule has 1 saturated heterocycles. The average molecular weight is 424 g/mol. The van der Waals surface area contributed by atoms with E-state index in [9.17, 15) is 22.0 Å². The summed E-state index contributed by atoms with van der Waals surface area (Å²) in [5.74, 6) is -1.65. The van der Waals surface area contributed by atoms with Crippen molar-refractivity contribution in [2.45, 2.75) is 24.8 Å². The maximum Gasteiger partial charge on any atom is 0.263 e. The van der Waals surface area contributed by atoms with Crippen LogP contribution >= 0.6 is 0 Å². The highest BCUT2D eigenvalue weighted by atomic mass is 32.2. The average Bonchev–Trinajstić information content (AvgIpc) is 2.67. The number of hydrogen-bond acceptors (Lipinski definition) is 4. The zero-order chi connectivity index (χ0) is 21.2. The zero-order valence-corrected chi connectivity index (χ0v) is 17.0. The molecule has 6 nitrogen and oxygen atoms in total. The van der Waals surface area contributed by atoms with Crippen LogP contribution in [0.5, 0.6) is 5.75 Å². The van der Waals surface area contributed by atoms with Crippen LogP contribution in [0.25, 0.3) is 0 Å². The third-order valence-electron chi connectivity index (χ3n) is 4.71. The van der Waals surface area contributed by atoms with E-state index in [2.05, 4.69) is 0 Å². The summed E-state index contributed by atoms with van der Waals surface area (Å²) in [6.07, 6.45) is -0.727. The first-order chi connectivity index (χ1) is 13.7. The molecule has 0 spiro atoms. The molecule has 9 heteroatoms. The summed E-state index contributed by atoms with van der Waals surface area (Å²) in [5, 5.41) is 0. The normalized spacial score (nSPS) is 16.5. The summed E-state index contributed by atoms with van der Waals surface area (Å²) in [7, 11) is -4.11. The number of carbonyl (C=O) groups is 1. The predicted octanol–water partition coefficient (Wildman–Crippen LogP) is 2.57. The number of ether oxygens (including phenoxy) is 1. The fraction of sp³-hybridized carbons (Fsp3) is 0.350. The van der Waals surface area contributed by atoms with Gasteiger partial charge in [-0.25, -0.2) is 17.2 Å². The number of aryl methyl sites for hydroxylation is 1. The van der Waals surface area contributed by atoms with Crippen molar-refractivity contribution in [2.75, 3.05) is 26.2 Å². The van der Waals surface area contributed by atoms with E-state index in [4.69, 9.17) is 4.74 Å². The standard InChI is InChI=1S/C20H22F2N2O4S/c1-14-4-3-5-17(12-14)28-15(2)20(25)23-8-10-24(11-9-23)29(26,27)19-7-6-16(21)13-18(19)22/h3-7,12-13,15H,8-11H2,1-2H3. The SMILES string of the molecule is Cc1cccc(OC(C)C(=O)N2CCN(S(=O)(=O)c3ccc(F)cc3F)CC2)c1. The fourth-order valence-electron chi connectivity index (χ4n) is 3.17. The Kier molecular flexibility index (Phi) is 6.18. The van der Waals surface area contributed by atoms with E-state index < -0.39 is 32.7 Å². The monoisotopic (exact) mass is 424 g/mol. The summed E-state index contributed by atoms with van der Waals surface area (Å²) in [6.45, 7) is 3.90. The van der Waals surface area contributed by atoms with Gasteiger partial charge in [-0.3, -0.25) is 4.79 Å². The molecule has 1 fully saturated rings. The van der Waals surface area contributed by atoms with Crippen molar-refractivity contribution in [3.8, 4) is 5.75 Å². The van der Waals surface area contributed by atoms with E-state index in [-0.39, 0.29) is 32.1 Å². The Bertz CT molecular complexity index is 1010. The summed E-state index contributed by atoms with van der Waals surface area (Å²) in [5.41, 5.74) is 1.01. The number of piperazine rings is 1. The number of benzene rings is 2. The third kappa shape index (κ3) is 4.73. The van der Waals surface area contributed by atoms with Crippen LogP contribution in [-0.2, 0) is 14.8 Å². The molecule has 1 aliphatic rings. The third-order valence-corrected chi connectivity index (χ3v) is 6.64. The lowest BCUT2D eigenvalue weighted by Crippen LogP contribution is -2.53. The molecule has 0 aliphatic carbocycles. The number of hydrogen-bond donors (Lipinski definition) is 0. The van der Waals surface area contributed by atoms with Crippen molar-refractivity contribution in [3.05, 3.63) is 59.7 Å². The lowest BCUT2D eigenvalue weighted by atomic mass is 10.2. The molecule has 29 heavy (non-hydrogen) atoms. The highest BCUT2D eigenvalue weighted by Crippen LogP contribution is 2.22. The largest absolute Gasteiger partial charge is 0.481 e. The number of rotatable bonds is 5. The second-order valence-electron chi connectivity index (χ2n) is 6.88. The van der Waals surface area contributed by atoms with E-state index in [1.54, 1.807) is 13.0 Å². The van der Waals surface area contributed by atoms with Gasteiger partial charge in [0.1, 0.15) is 22.3 Å². The second kappa shape index (κ2) is 8.46. The van der Waals surface area contributed by atoms with Gasteiger partial charge in [-0.15, -0.1) is 0 Å². The molecule has 1 heterocycles. The zero-order valence-electron chi connectivity index (χ0n) is 16.1. The first-order valence-electron chi connectivity index (χ1n) is 9.16. The Morgan fingerprint density at radius 2 is 1.76 bits per heavy atom. The number of nitrogens with zero attached hydrogens (tertiary/aromatic N) is 2. The second-order valence-corrected chi connectivity index (χ2v) is 8.79. The van der Waals surface area contributed by atoms with Crippen LogP contribution in [-0.4, -0.2) is 55.8 Å². The number of halogens is 2. The first kappa shape index (κ1) is 21.2. The molecular weight excluding hydrogens is 402 g/mol. The van der Waals surface area contributed by atoms with Gasteiger partial charge in [0.2, 0.25) is 10.0 Å². The highest BCUT2D eigenvalue weighted by Gasteiger charge is 2.33. The van der Waals surface area contributed by atoms with Gasteiger partial charge in [0.25, 0.3) is 5.91 Å². The van der Waals surface area contributed by atoms with Crippen LogP contribution in [0, 0.1) is 18.6 Å². The van der Waals surface area contributed by atoms with Gasteiger partial charge >= 0.3 is 0 Å². The molecule has 2 aromatic carbocycles. The Labute approximate surface area is 168 Å². The summed E-state index contributed by atoms with van der Waals surface area (Å²) in [6, 6.07) is 9.69. The summed E-state index contributed by atoms with van der Waals surface area (Å²) >= 11 is 0. The Morgan fingerprint density at radius 3 is 2.38 bits per heavy atom. The van der Waals surface area contributed by atoms with E-state index in [1.807, 2.05) is 25.1 Å². The lowest BCUT2D eigenvalue weighted by molar-refractivity contribution is -0.139. The van der Waals surface area contributed by atoms with Crippen LogP contribution < -0.4 is 4.74 Å². The molecule has 0 saturated carbocycles. The number of amides is 1. The van der Waals surface area contributed by atoms with Crippen molar-refractivity contribution >= 4 is 15.9 Å². The van der Waals surface area contributed by atoms with Crippen LogP contribution in [0.1, 0.15) is 12.5 Å². The molecule has 156 valence electrons. The van der Waals surface area contributed by atoms with Crippen molar-refractivity contribution in [1.29, 1.82) is 0 Å². The van der Waals surface area contributed by atoms with Gasteiger partial charge in [-0.1, -0.05) is 12.1 Å². The van der Waals surface area contributed by atoms with Crippen LogP contribution in [0.4, 0.5) is 8.78 Å². The lowest BCUT2D eigenvalue weighted by Gasteiger charge is -2.35. The van der Waals surface area contributed by atoms with E-state index in [1.165, 1.54) is 4.90 Å². The van der Waals surface area contributed by atoms with Gasteiger partial charge in [-0.2, -0.15) is 4.31 Å². The summed E-state index contributed by atoms with van der Waals surface area (Å²) in [4.78, 5) is 13.6. The molecule has 0 N–H and O–H groups in total. The molecular formula is C20H22F2N2O4S. The molecule has 1 amide bonds. The van der Waals surface area contributed by atoms with Gasteiger partial charge in [-0.05, 0) is 43.7 Å². The number of sulfonamides is 1. The molecule has 0 radical (unpaired) electrons. The van der Waals surface area contributed by atoms with E-state index >= 15 is 0 Å². The minimum absolute atomic E-state index is 0.0159. The van der Waals surface area contributed by atoms with Gasteiger partial charge in [0, 0.05) is 32.2 Å². The van der Waals surface area contributed by atoms with Crippen molar-refractivity contribution in [2.24, 2.45) is 0 Å². The minimum Gasteiger partial charge on any atom is -0.481 e. The molecule has 0 bridgehead atoms. The number of carbonyl (C=O) groups excluding carboxylic acids is 1. The van der Waals surface area contributed by atoms with E-state index in [0.717, 1.165) is 22.0 Å². The maximum atomic E-state index is 13.9. The smallest absolute Gasteiger partial charge is 0.263 e. The topological polar surface area (TPSA) is 66.9 Å². The van der Waals surface area contributed by atoms with Crippen LogP contribution in [0.2, 0.25) is 0 Å². The first-order valence-corrected chi connectivity index (χ1v) is 10.6. The molecule has 1 atom stereocenters. The highest BCUT2D eigenvalue weighted by molar-refractivity contribution is 7.89. The van der Waals surface area contributed by atoms with Crippen molar-refractivity contribution in [1.82, 2.24) is 9.21 Å². The molecule has 3 rings (SSSR count). The molecule has 1 aliphatic heterocycles. The van der Waals surface area contributed by atoms with Gasteiger partial charge < -0.3 is 9.64 Å². The van der Waals surface area contributed by atoms with Gasteiger partial charge in [0.05, 0.1) is 0 Å². The molecule has 1 unspecified atom stereocenters. The Balaban J connectivity index is 1.62. The van der Waals surface area contributed by atoms with Crippen LogP contribution in [0.3, 0.4) is 0 Å². The predicted molar refractivity (Wildman–Crippen MR) is 103 cm³/mol. The fourth-order valence-corrected chi connectivity index (χ4v) is 4.64.